The molecule has 3 N–H and O–H groups in total. The fourth-order valence-corrected chi connectivity index (χ4v) is 8.51. The van der Waals surface area contributed by atoms with Gasteiger partial charge < -0.3 is 14.4 Å². The van der Waals surface area contributed by atoms with Crippen LogP contribution in [0, 0.1) is 12.8 Å². The Balaban J connectivity index is 0.862. The van der Waals surface area contributed by atoms with Gasteiger partial charge in [-0.2, -0.15) is 0 Å². The van der Waals surface area contributed by atoms with E-state index in [0.717, 1.165) is 85.5 Å². The zero-order valence-electron chi connectivity index (χ0n) is 31.5. The average Bonchev–Trinajstić information content (AvgIpc) is 3.67. The Morgan fingerprint density at radius 1 is 0.893 bits per heavy atom. The molecule has 1 atom stereocenters. The molecule has 5 amide bonds. The molecule has 1 saturated carbocycles. The second-order valence-corrected chi connectivity index (χ2v) is 15.4. The van der Waals surface area contributed by atoms with Crippen molar-refractivity contribution in [3.05, 3.63) is 88.5 Å². The van der Waals surface area contributed by atoms with Gasteiger partial charge in [0.2, 0.25) is 17.8 Å². The molecule has 3 aromatic carbocycles. The van der Waals surface area contributed by atoms with E-state index in [0.29, 0.717) is 36.3 Å². The standard InChI is InChI=1S/C42H47N7O7/c1-26-3-2-4-29(21-26)38(52)45-42-43-34-22-28(7-12-35(34)48(42)30-8-5-27(25-50)6-9-30)24-47-17-15-46(16-18-47)19-20-56-31-10-11-32-33(23-31)41(55)49(40(32)54)36-13-14-37(51)44-39(36)53/h2-4,7,10-12,21-23,27,30,36,50H,5-6,8-9,13-20,24-25H2,1H3,(H,43,45,52)(H,44,51,53). The smallest absolute Gasteiger partial charge is 0.262 e. The molecular formula is C42H47N7O7. The Morgan fingerprint density at radius 2 is 1.66 bits per heavy atom. The summed E-state index contributed by atoms with van der Waals surface area (Å²) in [6, 6.07) is 17.9. The van der Waals surface area contributed by atoms with E-state index in [4.69, 9.17) is 9.72 Å². The molecule has 4 aliphatic rings. The van der Waals surface area contributed by atoms with Crippen LogP contribution in [0.15, 0.2) is 60.7 Å². The van der Waals surface area contributed by atoms with Gasteiger partial charge in [0.05, 0.1) is 22.2 Å². The normalized spacial score (nSPS) is 22.0. The number of ether oxygens (including phenoxy) is 1. The van der Waals surface area contributed by atoms with Gasteiger partial charge in [0, 0.05) is 63.9 Å². The molecular weight excluding hydrogens is 715 g/mol. The maximum atomic E-state index is 13.4. The molecule has 1 aromatic heterocycles. The maximum absolute atomic E-state index is 13.4. The van der Waals surface area contributed by atoms with Crippen LogP contribution in [0.25, 0.3) is 11.0 Å². The Hall–Kier alpha value is -5.44. The molecule has 8 rings (SSSR count). The highest BCUT2D eigenvalue weighted by Gasteiger charge is 2.44. The number of hydrogen-bond donors (Lipinski definition) is 3. The van der Waals surface area contributed by atoms with Gasteiger partial charge in [0.25, 0.3) is 17.7 Å². The van der Waals surface area contributed by atoms with E-state index < -0.39 is 29.7 Å². The minimum absolute atomic E-state index is 0.0707. The SMILES string of the molecule is Cc1cccc(C(=O)Nc2nc3cc(CN4CCN(CCOc5ccc6c(c5)C(=O)N(C5CCC(=O)NC5=O)C6=O)CC4)ccc3n2C2CCC(CO)CC2)c1. The number of hydrogen-bond acceptors (Lipinski definition) is 10. The number of piperidine rings is 1. The monoisotopic (exact) mass is 761 g/mol. The number of aliphatic hydroxyl groups is 1. The molecule has 292 valence electrons. The molecule has 3 fully saturated rings. The van der Waals surface area contributed by atoms with Crippen molar-refractivity contribution in [3.63, 3.8) is 0 Å². The summed E-state index contributed by atoms with van der Waals surface area (Å²) in [6.07, 6.45) is 3.89. The zero-order valence-corrected chi connectivity index (χ0v) is 31.5. The predicted molar refractivity (Wildman–Crippen MR) is 207 cm³/mol. The lowest BCUT2D eigenvalue weighted by Crippen LogP contribution is -2.54. The lowest BCUT2D eigenvalue weighted by atomic mass is 9.86. The number of imidazole rings is 1. The van der Waals surface area contributed by atoms with Crippen molar-refractivity contribution in [1.82, 2.24) is 29.6 Å². The average molecular weight is 762 g/mol. The number of rotatable bonds is 11. The van der Waals surface area contributed by atoms with Gasteiger partial charge in [-0.1, -0.05) is 23.8 Å². The van der Waals surface area contributed by atoms with Gasteiger partial charge in [-0.05, 0) is 93.0 Å². The number of anilines is 1. The lowest BCUT2D eigenvalue weighted by Gasteiger charge is -2.34. The van der Waals surface area contributed by atoms with Crippen molar-refractivity contribution in [3.8, 4) is 5.75 Å². The van der Waals surface area contributed by atoms with E-state index >= 15 is 0 Å². The number of nitrogens with zero attached hydrogens (tertiary/aromatic N) is 5. The summed E-state index contributed by atoms with van der Waals surface area (Å²) in [5, 5.41) is 15.1. The molecule has 56 heavy (non-hydrogen) atoms. The Bertz CT molecular complexity index is 2180. The van der Waals surface area contributed by atoms with E-state index in [1.165, 1.54) is 0 Å². The van der Waals surface area contributed by atoms with E-state index in [-0.39, 0.29) is 42.5 Å². The van der Waals surface area contributed by atoms with Crippen LogP contribution in [0.2, 0.25) is 0 Å². The maximum Gasteiger partial charge on any atom is 0.262 e. The highest BCUT2D eigenvalue weighted by molar-refractivity contribution is 6.23. The van der Waals surface area contributed by atoms with Crippen LogP contribution >= 0.6 is 0 Å². The van der Waals surface area contributed by atoms with Gasteiger partial charge in [-0.15, -0.1) is 0 Å². The Morgan fingerprint density at radius 3 is 2.41 bits per heavy atom. The number of amides is 5. The molecule has 4 aromatic rings. The van der Waals surface area contributed by atoms with Gasteiger partial charge in [-0.25, -0.2) is 4.98 Å². The molecule has 14 nitrogen and oxygen atoms in total. The second kappa shape index (κ2) is 16.0. The molecule has 4 heterocycles. The number of aliphatic hydroxyl groups excluding tert-OH is 1. The summed E-state index contributed by atoms with van der Waals surface area (Å²) in [5.74, 6) is -0.977. The zero-order chi connectivity index (χ0) is 38.9. The van der Waals surface area contributed by atoms with Crippen LogP contribution in [0.5, 0.6) is 5.75 Å². The first-order valence-corrected chi connectivity index (χ1v) is 19.6. The van der Waals surface area contributed by atoms with Crippen LogP contribution < -0.4 is 15.4 Å². The van der Waals surface area contributed by atoms with Gasteiger partial charge in [0.1, 0.15) is 18.4 Å². The summed E-state index contributed by atoms with van der Waals surface area (Å²) in [7, 11) is 0. The fraction of sp³-hybridized carbons (Fsp3) is 0.429. The van der Waals surface area contributed by atoms with Crippen LogP contribution in [-0.4, -0.2) is 111 Å². The molecule has 3 aliphatic heterocycles. The first-order chi connectivity index (χ1) is 27.1. The number of carbonyl (C=O) groups is 5. The minimum atomic E-state index is -1.00. The molecule has 14 heteroatoms. The van der Waals surface area contributed by atoms with E-state index in [1.54, 1.807) is 18.2 Å². The molecule has 1 unspecified atom stereocenters. The van der Waals surface area contributed by atoms with Crippen LogP contribution in [0.4, 0.5) is 5.95 Å². The van der Waals surface area contributed by atoms with Gasteiger partial charge in [0.15, 0.2) is 0 Å². The number of aromatic nitrogens is 2. The Labute approximate surface area is 324 Å². The third-order valence-corrected chi connectivity index (χ3v) is 11.7. The third-order valence-electron chi connectivity index (χ3n) is 11.7. The first kappa shape index (κ1) is 37.5. The number of piperazine rings is 1. The van der Waals surface area contributed by atoms with Crippen molar-refractivity contribution in [2.45, 2.75) is 64.1 Å². The molecule has 0 radical (unpaired) electrons. The summed E-state index contributed by atoms with van der Waals surface area (Å²) in [6.45, 7) is 7.54. The van der Waals surface area contributed by atoms with E-state index in [1.807, 2.05) is 31.2 Å². The number of nitrogens with one attached hydrogen (secondary N) is 2. The van der Waals surface area contributed by atoms with Crippen molar-refractivity contribution in [1.29, 1.82) is 0 Å². The van der Waals surface area contributed by atoms with E-state index in [9.17, 15) is 29.1 Å². The molecule has 2 saturated heterocycles. The largest absolute Gasteiger partial charge is 0.492 e. The molecule has 0 bridgehead atoms. The lowest BCUT2D eigenvalue weighted by molar-refractivity contribution is -0.136. The topological polar surface area (TPSA) is 166 Å². The number of aryl methyl sites for hydroxylation is 1. The highest BCUT2D eigenvalue weighted by atomic mass is 16.5. The first-order valence-electron chi connectivity index (χ1n) is 19.6. The van der Waals surface area contributed by atoms with Crippen LogP contribution in [0.3, 0.4) is 0 Å². The highest BCUT2D eigenvalue weighted by Crippen LogP contribution is 2.37. The molecule has 0 spiro atoms. The summed E-state index contributed by atoms with van der Waals surface area (Å²) >= 11 is 0. The summed E-state index contributed by atoms with van der Waals surface area (Å²) < 4.78 is 8.20. The number of imide groups is 2. The fourth-order valence-electron chi connectivity index (χ4n) is 8.51. The number of carbonyl (C=O) groups excluding carboxylic acids is 5. The van der Waals surface area contributed by atoms with Crippen molar-refractivity contribution in [2.24, 2.45) is 5.92 Å². The van der Waals surface area contributed by atoms with Crippen LogP contribution in [-0.2, 0) is 16.1 Å². The van der Waals surface area contributed by atoms with Crippen LogP contribution in [0.1, 0.15) is 86.8 Å². The van der Waals surface area contributed by atoms with E-state index in [2.05, 4.69) is 43.2 Å². The van der Waals surface area contributed by atoms with Crippen molar-refractivity contribution in [2.75, 3.05) is 51.3 Å². The number of fused-ring (bicyclic) bond motifs is 2. The van der Waals surface area contributed by atoms with Crippen molar-refractivity contribution >= 4 is 46.5 Å². The third kappa shape index (κ3) is 7.68. The quantitative estimate of drug-likeness (QED) is 0.191. The Kier molecular flexibility index (Phi) is 10.7. The summed E-state index contributed by atoms with van der Waals surface area (Å²) in [4.78, 5) is 74.2. The van der Waals surface area contributed by atoms with Crippen molar-refractivity contribution < 1.29 is 33.8 Å². The summed E-state index contributed by atoms with van der Waals surface area (Å²) in [5.41, 5.74) is 5.03. The predicted octanol–water partition coefficient (Wildman–Crippen LogP) is 3.92. The van der Waals surface area contributed by atoms with Gasteiger partial charge in [-0.3, -0.25) is 49.3 Å². The second-order valence-electron chi connectivity index (χ2n) is 15.4. The number of benzene rings is 3. The minimum Gasteiger partial charge on any atom is -0.492 e. The molecule has 1 aliphatic carbocycles. The van der Waals surface area contributed by atoms with Gasteiger partial charge >= 0.3 is 0 Å².